The molecule has 0 aromatic heterocycles. The summed E-state index contributed by atoms with van der Waals surface area (Å²) in [6.07, 6.45) is 0. The van der Waals surface area contributed by atoms with Gasteiger partial charge < -0.3 is 10.1 Å². The van der Waals surface area contributed by atoms with Crippen LogP contribution in [0.15, 0.2) is 36.4 Å². The van der Waals surface area contributed by atoms with Crippen LogP contribution >= 0.6 is 0 Å². The maximum absolute atomic E-state index is 12.4. The van der Waals surface area contributed by atoms with Crippen molar-refractivity contribution in [3.05, 3.63) is 58.7 Å². The van der Waals surface area contributed by atoms with Crippen molar-refractivity contribution in [3.8, 4) is 11.8 Å². The average molecular weight is 280 g/mol. The molecule has 106 valence electrons. The van der Waals surface area contributed by atoms with E-state index in [9.17, 15) is 4.79 Å². The number of hydrogen-bond acceptors (Lipinski definition) is 3. The fourth-order valence-electron chi connectivity index (χ4n) is 2.02. The summed E-state index contributed by atoms with van der Waals surface area (Å²) in [5, 5.41) is 12.0. The van der Waals surface area contributed by atoms with Gasteiger partial charge in [0.1, 0.15) is 11.8 Å². The Morgan fingerprint density at radius 2 is 2.00 bits per heavy atom. The first-order valence-electron chi connectivity index (χ1n) is 6.52. The number of methoxy groups -OCH3 is 1. The number of rotatable bonds is 3. The van der Waals surface area contributed by atoms with Crippen molar-refractivity contribution in [1.82, 2.24) is 0 Å². The van der Waals surface area contributed by atoms with Gasteiger partial charge in [0, 0.05) is 5.69 Å². The second-order valence-corrected chi connectivity index (χ2v) is 4.72. The second-order valence-electron chi connectivity index (χ2n) is 4.72. The molecule has 0 saturated heterocycles. The van der Waals surface area contributed by atoms with E-state index in [4.69, 9.17) is 10.00 Å². The number of ether oxygens (including phenoxy) is 1. The zero-order valence-corrected chi connectivity index (χ0v) is 12.2. The lowest BCUT2D eigenvalue weighted by molar-refractivity contribution is 0.102. The van der Waals surface area contributed by atoms with Crippen LogP contribution in [0.5, 0.6) is 5.75 Å². The fourth-order valence-corrected chi connectivity index (χ4v) is 2.02. The van der Waals surface area contributed by atoms with E-state index in [0.29, 0.717) is 11.3 Å². The number of benzene rings is 2. The minimum atomic E-state index is -0.303. The summed E-state index contributed by atoms with van der Waals surface area (Å²) in [7, 11) is 1.52. The third-order valence-corrected chi connectivity index (χ3v) is 3.44. The second kappa shape index (κ2) is 6.10. The number of hydrogen-bond donors (Lipinski definition) is 1. The van der Waals surface area contributed by atoms with E-state index in [1.807, 2.05) is 38.1 Å². The lowest BCUT2D eigenvalue weighted by Crippen LogP contribution is -2.14. The Morgan fingerprint density at radius 3 is 2.67 bits per heavy atom. The molecule has 0 atom stereocenters. The van der Waals surface area contributed by atoms with Crippen molar-refractivity contribution in [3.63, 3.8) is 0 Å². The molecule has 1 N–H and O–H groups in total. The molecular weight excluding hydrogens is 264 g/mol. The van der Waals surface area contributed by atoms with Crippen LogP contribution in [0.1, 0.15) is 27.0 Å². The van der Waals surface area contributed by atoms with Crippen LogP contribution in [0.4, 0.5) is 5.69 Å². The number of carbonyl (C=O) groups is 1. The molecular formula is C17H16N2O2. The molecule has 21 heavy (non-hydrogen) atoms. The van der Waals surface area contributed by atoms with E-state index in [-0.39, 0.29) is 11.5 Å². The van der Waals surface area contributed by atoms with Crippen molar-refractivity contribution in [1.29, 1.82) is 5.26 Å². The Balaban J connectivity index is 2.33. The highest BCUT2D eigenvalue weighted by atomic mass is 16.5. The highest BCUT2D eigenvalue weighted by Gasteiger charge is 2.13. The van der Waals surface area contributed by atoms with Gasteiger partial charge in [-0.15, -0.1) is 0 Å². The van der Waals surface area contributed by atoms with E-state index in [2.05, 4.69) is 5.32 Å². The summed E-state index contributed by atoms with van der Waals surface area (Å²) in [4.78, 5) is 12.4. The SMILES string of the molecule is COc1ccc(C(=O)Nc2cccc(C)c2C)c(C#N)c1. The normalized spacial score (nSPS) is 9.81. The summed E-state index contributed by atoms with van der Waals surface area (Å²) in [5.41, 5.74) is 3.48. The van der Waals surface area contributed by atoms with Crippen molar-refractivity contribution in [2.24, 2.45) is 0 Å². The van der Waals surface area contributed by atoms with Crippen LogP contribution in [-0.4, -0.2) is 13.0 Å². The molecule has 4 heteroatoms. The molecule has 0 aliphatic carbocycles. The van der Waals surface area contributed by atoms with Gasteiger partial charge in [-0.3, -0.25) is 4.79 Å². The Kier molecular flexibility index (Phi) is 4.24. The number of amides is 1. The summed E-state index contributed by atoms with van der Waals surface area (Å²) < 4.78 is 5.06. The van der Waals surface area contributed by atoms with Gasteiger partial charge in [0.25, 0.3) is 5.91 Å². The molecule has 0 radical (unpaired) electrons. The van der Waals surface area contributed by atoms with Gasteiger partial charge in [0.05, 0.1) is 18.2 Å². The first kappa shape index (κ1) is 14.6. The largest absolute Gasteiger partial charge is 0.497 e. The number of anilines is 1. The van der Waals surface area contributed by atoms with E-state index >= 15 is 0 Å². The lowest BCUT2D eigenvalue weighted by Gasteiger charge is -2.11. The molecule has 0 spiro atoms. The van der Waals surface area contributed by atoms with Crippen molar-refractivity contribution < 1.29 is 9.53 Å². The summed E-state index contributed by atoms with van der Waals surface area (Å²) in [6.45, 7) is 3.93. The van der Waals surface area contributed by atoms with Gasteiger partial charge in [-0.2, -0.15) is 5.26 Å². The molecule has 0 saturated carbocycles. The number of nitrogens with one attached hydrogen (secondary N) is 1. The first-order chi connectivity index (χ1) is 10.1. The van der Waals surface area contributed by atoms with Crippen molar-refractivity contribution in [2.75, 3.05) is 12.4 Å². The van der Waals surface area contributed by atoms with E-state index in [1.54, 1.807) is 18.2 Å². The van der Waals surface area contributed by atoms with E-state index in [0.717, 1.165) is 16.8 Å². The molecule has 0 aliphatic heterocycles. The zero-order chi connectivity index (χ0) is 15.4. The molecule has 2 rings (SSSR count). The zero-order valence-electron chi connectivity index (χ0n) is 12.2. The van der Waals surface area contributed by atoms with Crippen LogP contribution in [-0.2, 0) is 0 Å². The Labute approximate surface area is 124 Å². The van der Waals surface area contributed by atoms with E-state index in [1.165, 1.54) is 7.11 Å². The molecule has 2 aromatic carbocycles. The third kappa shape index (κ3) is 3.03. The Bertz CT molecular complexity index is 730. The van der Waals surface area contributed by atoms with Gasteiger partial charge >= 0.3 is 0 Å². The minimum absolute atomic E-state index is 0.289. The molecule has 0 fully saturated rings. The minimum Gasteiger partial charge on any atom is -0.497 e. The van der Waals surface area contributed by atoms with Crippen LogP contribution in [0.2, 0.25) is 0 Å². The topological polar surface area (TPSA) is 62.1 Å². The maximum atomic E-state index is 12.4. The van der Waals surface area contributed by atoms with Crippen LogP contribution in [0.3, 0.4) is 0 Å². The fraction of sp³-hybridized carbons (Fsp3) is 0.176. The standard InChI is InChI=1S/C17H16N2O2/c1-11-5-4-6-16(12(11)2)19-17(20)15-8-7-14(21-3)9-13(15)10-18/h4-9H,1-3H3,(H,19,20). The van der Waals surface area contributed by atoms with Gasteiger partial charge in [-0.1, -0.05) is 12.1 Å². The van der Waals surface area contributed by atoms with Crippen LogP contribution in [0.25, 0.3) is 0 Å². The number of aryl methyl sites for hydroxylation is 1. The first-order valence-corrected chi connectivity index (χ1v) is 6.52. The Hall–Kier alpha value is -2.80. The molecule has 4 nitrogen and oxygen atoms in total. The maximum Gasteiger partial charge on any atom is 0.257 e. The quantitative estimate of drug-likeness (QED) is 0.936. The van der Waals surface area contributed by atoms with Crippen molar-refractivity contribution in [2.45, 2.75) is 13.8 Å². The third-order valence-electron chi connectivity index (χ3n) is 3.44. The molecule has 0 aliphatic rings. The Morgan fingerprint density at radius 1 is 1.24 bits per heavy atom. The van der Waals surface area contributed by atoms with Gasteiger partial charge in [0.2, 0.25) is 0 Å². The summed E-state index contributed by atoms with van der Waals surface area (Å²) >= 11 is 0. The molecule has 0 unspecified atom stereocenters. The highest BCUT2D eigenvalue weighted by Crippen LogP contribution is 2.21. The smallest absolute Gasteiger partial charge is 0.257 e. The lowest BCUT2D eigenvalue weighted by atomic mass is 10.1. The van der Waals surface area contributed by atoms with Gasteiger partial charge in [-0.25, -0.2) is 0 Å². The van der Waals surface area contributed by atoms with E-state index < -0.39 is 0 Å². The molecule has 0 heterocycles. The van der Waals surface area contributed by atoms with Gasteiger partial charge in [0.15, 0.2) is 0 Å². The molecule has 0 bridgehead atoms. The van der Waals surface area contributed by atoms with Gasteiger partial charge in [-0.05, 0) is 49.2 Å². The van der Waals surface area contributed by atoms with Crippen molar-refractivity contribution >= 4 is 11.6 Å². The molecule has 2 aromatic rings. The number of nitriles is 1. The molecule has 1 amide bonds. The number of nitrogens with zero attached hydrogens (tertiary/aromatic N) is 1. The predicted octanol–water partition coefficient (Wildman–Crippen LogP) is 3.44. The number of carbonyl (C=O) groups excluding carboxylic acids is 1. The predicted molar refractivity (Wildman–Crippen MR) is 81.6 cm³/mol. The highest BCUT2D eigenvalue weighted by molar-refractivity contribution is 6.06. The van der Waals surface area contributed by atoms with Crippen LogP contribution < -0.4 is 10.1 Å². The monoisotopic (exact) mass is 280 g/mol. The average Bonchev–Trinajstić information content (AvgIpc) is 2.51. The summed E-state index contributed by atoms with van der Waals surface area (Å²) in [6, 6.07) is 12.6. The van der Waals surface area contributed by atoms with Crippen LogP contribution in [0, 0.1) is 25.2 Å². The summed E-state index contributed by atoms with van der Waals surface area (Å²) in [5.74, 6) is 0.248.